The lowest BCUT2D eigenvalue weighted by molar-refractivity contribution is 0.645. The molecule has 0 atom stereocenters. The normalized spacial score (nSPS) is 15.5. The number of hydrogen-bond acceptors (Lipinski definition) is 0. The van der Waals surface area contributed by atoms with Crippen LogP contribution < -0.4 is 0 Å². The summed E-state index contributed by atoms with van der Waals surface area (Å²) in [6.45, 7) is 9.75. The van der Waals surface area contributed by atoms with Crippen molar-refractivity contribution in [1.82, 2.24) is 0 Å². The van der Waals surface area contributed by atoms with Gasteiger partial charge in [-0.1, -0.05) is 125 Å². The first-order valence-corrected chi connectivity index (χ1v) is 18.0. The highest BCUT2D eigenvalue weighted by molar-refractivity contribution is 6.32. The molecule has 2 aliphatic carbocycles. The smallest absolute Gasteiger partial charge is 0.0159 e. The average Bonchev–Trinajstić information content (AvgIpc) is 3.14. The fourth-order valence-corrected chi connectivity index (χ4v) is 10.4. The summed E-state index contributed by atoms with van der Waals surface area (Å²) in [5.41, 5.74) is 10.9. The van der Waals surface area contributed by atoms with E-state index in [0.717, 1.165) is 0 Å². The molecule has 0 aromatic heterocycles. The Hall–Kier alpha value is -5.72. The summed E-state index contributed by atoms with van der Waals surface area (Å²) in [5.74, 6) is 0. The zero-order valence-electron chi connectivity index (χ0n) is 28.7. The van der Waals surface area contributed by atoms with Crippen LogP contribution in [0.4, 0.5) is 0 Å². The van der Waals surface area contributed by atoms with E-state index in [-0.39, 0.29) is 10.8 Å². The first kappa shape index (κ1) is 27.1. The van der Waals surface area contributed by atoms with Crippen molar-refractivity contribution in [2.45, 2.75) is 38.5 Å². The Morgan fingerprint density at radius 1 is 0.280 bits per heavy atom. The van der Waals surface area contributed by atoms with Crippen LogP contribution >= 0.6 is 0 Å². The predicted octanol–water partition coefficient (Wildman–Crippen LogP) is 13.8. The van der Waals surface area contributed by atoms with E-state index in [9.17, 15) is 0 Å². The first-order valence-electron chi connectivity index (χ1n) is 18.0. The predicted molar refractivity (Wildman–Crippen MR) is 215 cm³/mol. The minimum absolute atomic E-state index is 0.147. The standard InChI is InChI=1S/C50H34/c1-49(2)41-19-17-31-24-40-38-22-30-16-14-28-10-6-8-12-34(28)36(30)26-44(38)50(3,4)42-20-18-32-23-39(47(41)45(31)46(32)48(40)42)37-21-29-15-13-27-9-5-7-11-33(27)35(29)25-43(37)49/h5-26H,1-4H3. The van der Waals surface area contributed by atoms with Gasteiger partial charge in [-0.15, -0.1) is 0 Å². The Morgan fingerprint density at radius 3 is 1.12 bits per heavy atom. The third-order valence-corrected chi connectivity index (χ3v) is 12.9. The number of rotatable bonds is 0. The van der Waals surface area contributed by atoms with Crippen LogP contribution in [0.15, 0.2) is 133 Å². The van der Waals surface area contributed by atoms with Gasteiger partial charge in [-0.05, 0) is 156 Å². The molecule has 0 unspecified atom stereocenters. The summed E-state index contributed by atoms with van der Waals surface area (Å²) >= 11 is 0. The molecule has 50 heavy (non-hydrogen) atoms. The highest BCUT2D eigenvalue weighted by atomic mass is 14.4. The molecule has 0 aliphatic heterocycles. The molecule has 0 spiro atoms. The van der Waals surface area contributed by atoms with Crippen molar-refractivity contribution in [2.24, 2.45) is 0 Å². The Bertz CT molecular complexity index is 2970. The van der Waals surface area contributed by atoms with Crippen LogP contribution in [0, 0.1) is 0 Å². The molecule has 0 N–H and O–H groups in total. The van der Waals surface area contributed by atoms with Crippen LogP contribution in [-0.2, 0) is 10.8 Å². The van der Waals surface area contributed by atoms with Crippen LogP contribution in [0.1, 0.15) is 49.9 Å². The van der Waals surface area contributed by atoms with E-state index in [1.54, 1.807) is 0 Å². The minimum Gasteiger partial charge on any atom is -0.0616 e. The summed E-state index contributed by atoms with van der Waals surface area (Å²) in [7, 11) is 0. The fraction of sp³-hybridized carbons (Fsp3) is 0.120. The molecular formula is C50H34. The quantitative estimate of drug-likeness (QED) is 0.146. The SMILES string of the molecule is CC1(C)c2cc3c(ccc4ccccc43)cc2-c2cc3ccc4c5c(cc6ccc1c2c6c35)-c1cc2ccc3ccccc3c2cc1C4(C)C. The minimum atomic E-state index is -0.147. The Morgan fingerprint density at radius 2 is 0.660 bits per heavy atom. The topological polar surface area (TPSA) is 0 Å². The van der Waals surface area contributed by atoms with E-state index in [1.807, 2.05) is 0 Å². The van der Waals surface area contributed by atoms with Gasteiger partial charge in [0.2, 0.25) is 0 Å². The van der Waals surface area contributed by atoms with Crippen molar-refractivity contribution in [3.63, 3.8) is 0 Å². The molecule has 0 radical (unpaired) electrons. The van der Waals surface area contributed by atoms with E-state index in [1.165, 1.54) is 120 Å². The largest absolute Gasteiger partial charge is 0.0616 e. The molecule has 0 bridgehead atoms. The van der Waals surface area contributed by atoms with Crippen molar-refractivity contribution in [3.8, 4) is 22.3 Å². The molecule has 10 aromatic rings. The maximum atomic E-state index is 2.52. The highest BCUT2D eigenvalue weighted by Gasteiger charge is 2.38. The van der Waals surface area contributed by atoms with Crippen molar-refractivity contribution < 1.29 is 0 Å². The van der Waals surface area contributed by atoms with Gasteiger partial charge in [0.25, 0.3) is 0 Å². The Labute approximate surface area is 290 Å². The Kier molecular flexibility index (Phi) is 4.72. The maximum Gasteiger partial charge on any atom is 0.0159 e. The summed E-state index contributed by atoms with van der Waals surface area (Å²) in [5, 5.41) is 19.0. The molecule has 0 amide bonds. The second-order valence-electron chi connectivity index (χ2n) is 16.1. The number of fused-ring (bicyclic) bond motifs is 10. The molecule has 12 rings (SSSR count). The van der Waals surface area contributed by atoms with Crippen molar-refractivity contribution in [1.29, 1.82) is 0 Å². The van der Waals surface area contributed by atoms with Gasteiger partial charge in [0.1, 0.15) is 0 Å². The zero-order chi connectivity index (χ0) is 33.3. The van der Waals surface area contributed by atoms with Gasteiger partial charge in [0.05, 0.1) is 0 Å². The van der Waals surface area contributed by atoms with Crippen molar-refractivity contribution in [2.75, 3.05) is 0 Å². The average molecular weight is 635 g/mol. The number of benzene rings is 10. The van der Waals surface area contributed by atoms with Gasteiger partial charge in [0.15, 0.2) is 0 Å². The van der Waals surface area contributed by atoms with Gasteiger partial charge in [-0.3, -0.25) is 0 Å². The van der Waals surface area contributed by atoms with Gasteiger partial charge in [-0.25, -0.2) is 0 Å². The second-order valence-corrected chi connectivity index (χ2v) is 16.1. The third-order valence-electron chi connectivity index (χ3n) is 12.9. The molecule has 0 saturated carbocycles. The van der Waals surface area contributed by atoms with Crippen molar-refractivity contribution in [3.05, 3.63) is 156 Å². The summed E-state index contributed by atoms with van der Waals surface area (Å²) in [6, 6.07) is 51.5. The monoisotopic (exact) mass is 634 g/mol. The fourth-order valence-electron chi connectivity index (χ4n) is 10.4. The first-order chi connectivity index (χ1) is 24.3. The third kappa shape index (κ3) is 3.11. The molecule has 0 nitrogen and oxygen atoms in total. The second kappa shape index (κ2) is 8.70. The highest BCUT2D eigenvalue weighted by Crippen LogP contribution is 2.57. The van der Waals surface area contributed by atoms with Crippen molar-refractivity contribution >= 4 is 75.4 Å². The van der Waals surface area contributed by atoms with Gasteiger partial charge < -0.3 is 0 Å². The van der Waals surface area contributed by atoms with Crippen LogP contribution in [-0.4, -0.2) is 0 Å². The van der Waals surface area contributed by atoms with Gasteiger partial charge in [0, 0.05) is 10.8 Å². The lowest BCUT2D eigenvalue weighted by Crippen LogP contribution is -2.25. The zero-order valence-corrected chi connectivity index (χ0v) is 28.7. The lowest BCUT2D eigenvalue weighted by Gasteiger charge is -2.39. The van der Waals surface area contributed by atoms with E-state index in [0.29, 0.717) is 0 Å². The summed E-state index contributed by atoms with van der Waals surface area (Å²) in [4.78, 5) is 0. The molecule has 234 valence electrons. The molecule has 0 fully saturated rings. The van der Waals surface area contributed by atoms with Crippen LogP contribution in [0.5, 0.6) is 0 Å². The summed E-state index contributed by atoms with van der Waals surface area (Å²) < 4.78 is 0. The Balaban J connectivity index is 1.21. The van der Waals surface area contributed by atoms with E-state index < -0.39 is 0 Å². The van der Waals surface area contributed by atoms with E-state index >= 15 is 0 Å². The van der Waals surface area contributed by atoms with Crippen LogP contribution in [0.3, 0.4) is 0 Å². The van der Waals surface area contributed by atoms with Crippen LogP contribution in [0.2, 0.25) is 0 Å². The molecule has 10 aromatic carbocycles. The lowest BCUT2D eigenvalue weighted by atomic mass is 9.64. The van der Waals surface area contributed by atoms with Gasteiger partial charge >= 0.3 is 0 Å². The molecule has 2 aliphatic rings. The van der Waals surface area contributed by atoms with E-state index in [4.69, 9.17) is 0 Å². The van der Waals surface area contributed by atoms with Crippen LogP contribution in [0.25, 0.3) is 97.7 Å². The molecule has 0 heterocycles. The molecule has 0 saturated heterocycles. The summed E-state index contributed by atoms with van der Waals surface area (Å²) in [6.07, 6.45) is 0. The molecule has 0 heteroatoms. The van der Waals surface area contributed by atoms with Gasteiger partial charge in [-0.2, -0.15) is 0 Å². The van der Waals surface area contributed by atoms with E-state index in [2.05, 4.69) is 161 Å². The molecular weight excluding hydrogens is 601 g/mol. The maximum absolute atomic E-state index is 2.52. The number of hydrogen-bond donors (Lipinski definition) is 0.